The van der Waals surface area contributed by atoms with E-state index in [1.165, 1.54) is 0 Å². The SMILES string of the molecule is CC(NC(=O)CN1CCCCC1C(C)O)c1ccc(Cl)cc1. The van der Waals surface area contributed by atoms with Crippen LogP contribution in [0.15, 0.2) is 24.3 Å². The molecule has 22 heavy (non-hydrogen) atoms. The molecule has 4 nitrogen and oxygen atoms in total. The number of piperidine rings is 1. The smallest absolute Gasteiger partial charge is 0.234 e. The highest BCUT2D eigenvalue weighted by Gasteiger charge is 2.27. The number of likely N-dealkylation sites (tertiary alicyclic amines) is 1. The van der Waals surface area contributed by atoms with Crippen molar-refractivity contribution in [1.29, 1.82) is 0 Å². The quantitative estimate of drug-likeness (QED) is 0.875. The van der Waals surface area contributed by atoms with Crippen molar-refractivity contribution in [3.05, 3.63) is 34.9 Å². The number of aliphatic hydroxyl groups excluding tert-OH is 1. The molecule has 1 aliphatic rings. The Labute approximate surface area is 137 Å². The molecule has 2 rings (SSSR count). The average molecular weight is 325 g/mol. The number of carbonyl (C=O) groups is 1. The highest BCUT2D eigenvalue weighted by atomic mass is 35.5. The lowest BCUT2D eigenvalue weighted by Crippen LogP contribution is -2.50. The number of rotatable bonds is 5. The van der Waals surface area contributed by atoms with Gasteiger partial charge in [0.25, 0.3) is 0 Å². The van der Waals surface area contributed by atoms with Crippen LogP contribution in [-0.2, 0) is 4.79 Å². The van der Waals surface area contributed by atoms with Gasteiger partial charge < -0.3 is 10.4 Å². The Kier molecular flexibility index (Phi) is 6.24. The summed E-state index contributed by atoms with van der Waals surface area (Å²) in [6.07, 6.45) is 2.76. The maximum absolute atomic E-state index is 12.3. The Morgan fingerprint density at radius 1 is 1.36 bits per heavy atom. The van der Waals surface area contributed by atoms with Gasteiger partial charge in [-0.15, -0.1) is 0 Å². The molecule has 0 aliphatic carbocycles. The van der Waals surface area contributed by atoms with Crippen molar-refractivity contribution in [1.82, 2.24) is 10.2 Å². The maximum Gasteiger partial charge on any atom is 0.234 e. The van der Waals surface area contributed by atoms with Gasteiger partial charge in [0.05, 0.1) is 18.7 Å². The molecule has 2 N–H and O–H groups in total. The minimum atomic E-state index is -0.401. The minimum absolute atomic E-state index is 0.00463. The molecule has 0 saturated carbocycles. The topological polar surface area (TPSA) is 52.6 Å². The van der Waals surface area contributed by atoms with Crippen LogP contribution in [0.3, 0.4) is 0 Å². The summed E-state index contributed by atoms with van der Waals surface area (Å²) in [5.41, 5.74) is 1.03. The molecule has 1 fully saturated rings. The van der Waals surface area contributed by atoms with Crippen LogP contribution < -0.4 is 5.32 Å². The van der Waals surface area contributed by atoms with Crippen molar-refractivity contribution >= 4 is 17.5 Å². The van der Waals surface area contributed by atoms with E-state index in [4.69, 9.17) is 11.6 Å². The Hall–Kier alpha value is -1.10. The zero-order valence-corrected chi connectivity index (χ0v) is 14.0. The molecular formula is C17H25ClN2O2. The fraction of sp³-hybridized carbons (Fsp3) is 0.588. The molecule has 1 aliphatic heterocycles. The van der Waals surface area contributed by atoms with E-state index in [1.807, 2.05) is 31.2 Å². The molecule has 0 bridgehead atoms. The van der Waals surface area contributed by atoms with Crippen LogP contribution in [0.4, 0.5) is 0 Å². The largest absolute Gasteiger partial charge is 0.392 e. The third-order valence-corrected chi connectivity index (χ3v) is 4.57. The minimum Gasteiger partial charge on any atom is -0.392 e. The zero-order chi connectivity index (χ0) is 16.1. The second-order valence-electron chi connectivity index (χ2n) is 6.11. The fourth-order valence-electron chi connectivity index (χ4n) is 3.07. The molecule has 5 heteroatoms. The Morgan fingerprint density at radius 3 is 2.68 bits per heavy atom. The van der Waals surface area contributed by atoms with Crippen LogP contribution in [0.5, 0.6) is 0 Å². The summed E-state index contributed by atoms with van der Waals surface area (Å²) in [5, 5.41) is 13.6. The average Bonchev–Trinajstić information content (AvgIpc) is 2.48. The fourth-order valence-corrected chi connectivity index (χ4v) is 3.19. The van der Waals surface area contributed by atoms with Crippen LogP contribution in [0.25, 0.3) is 0 Å². The molecular weight excluding hydrogens is 300 g/mol. The first-order chi connectivity index (χ1) is 10.5. The molecule has 1 saturated heterocycles. The molecule has 3 atom stereocenters. The second kappa shape index (κ2) is 7.95. The van der Waals surface area contributed by atoms with E-state index in [0.717, 1.165) is 31.4 Å². The van der Waals surface area contributed by atoms with Crippen LogP contribution in [-0.4, -0.2) is 41.1 Å². The van der Waals surface area contributed by atoms with Crippen molar-refractivity contribution < 1.29 is 9.90 Å². The van der Waals surface area contributed by atoms with Gasteiger partial charge in [0.2, 0.25) is 5.91 Å². The number of carbonyl (C=O) groups excluding carboxylic acids is 1. The predicted octanol–water partition coefficient (Wildman–Crippen LogP) is 2.75. The van der Waals surface area contributed by atoms with Gasteiger partial charge in [-0.05, 0) is 50.9 Å². The lowest BCUT2D eigenvalue weighted by molar-refractivity contribution is -0.124. The van der Waals surface area contributed by atoms with Crippen molar-refractivity contribution in [2.24, 2.45) is 0 Å². The maximum atomic E-state index is 12.3. The van der Waals surface area contributed by atoms with Crippen molar-refractivity contribution in [2.75, 3.05) is 13.1 Å². The third-order valence-electron chi connectivity index (χ3n) is 4.32. The molecule has 1 amide bonds. The Morgan fingerprint density at radius 2 is 2.05 bits per heavy atom. The normalized spacial score (nSPS) is 22.1. The van der Waals surface area contributed by atoms with Crippen molar-refractivity contribution in [3.63, 3.8) is 0 Å². The lowest BCUT2D eigenvalue weighted by atomic mass is 9.98. The summed E-state index contributed by atoms with van der Waals surface area (Å²) in [6.45, 7) is 4.98. The highest BCUT2D eigenvalue weighted by Crippen LogP contribution is 2.20. The first-order valence-electron chi connectivity index (χ1n) is 7.94. The van der Waals surface area contributed by atoms with Crippen molar-refractivity contribution in [3.8, 4) is 0 Å². The predicted molar refractivity (Wildman–Crippen MR) is 88.9 cm³/mol. The standard InChI is InChI=1S/C17H25ClN2O2/c1-12(14-6-8-15(18)9-7-14)19-17(22)11-20-10-4-3-5-16(20)13(2)21/h6-9,12-13,16,21H,3-5,10-11H2,1-2H3,(H,19,22). The van der Waals surface area contributed by atoms with Gasteiger partial charge in [0, 0.05) is 11.1 Å². The number of benzene rings is 1. The Bertz CT molecular complexity index is 490. The summed E-state index contributed by atoms with van der Waals surface area (Å²) in [7, 11) is 0. The number of halogens is 1. The van der Waals surface area contributed by atoms with Gasteiger partial charge in [0.1, 0.15) is 0 Å². The number of amides is 1. The van der Waals surface area contributed by atoms with E-state index in [2.05, 4.69) is 10.2 Å². The number of hydrogen-bond acceptors (Lipinski definition) is 3. The van der Waals surface area contributed by atoms with E-state index in [9.17, 15) is 9.90 Å². The van der Waals surface area contributed by atoms with Crippen molar-refractivity contribution in [2.45, 2.75) is 51.3 Å². The summed E-state index contributed by atoms with van der Waals surface area (Å²) in [6, 6.07) is 7.53. The summed E-state index contributed by atoms with van der Waals surface area (Å²) >= 11 is 5.88. The lowest BCUT2D eigenvalue weighted by Gasteiger charge is -2.37. The highest BCUT2D eigenvalue weighted by molar-refractivity contribution is 6.30. The van der Waals surface area contributed by atoms with Crippen LogP contribution >= 0.6 is 11.6 Å². The molecule has 122 valence electrons. The number of hydrogen-bond donors (Lipinski definition) is 2. The number of aliphatic hydroxyl groups is 1. The van der Waals surface area contributed by atoms with Crippen LogP contribution in [0.1, 0.15) is 44.7 Å². The van der Waals surface area contributed by atoms with E-state index in [-0.39, 0.29) is 18.0 Å². The van der Waals surface area contributed by atoms with E-state index < -0.39 is 6.10 Å². The first kappa shape index (κ1) is 17.3. The number of nitrogens with one attached hydrogen (secondary N) is 1. The van der Waals surface area contributed by atoms with Gasteiger partial charge in [-0.2, -0.15) is 0 Å². The zero-order valence-electron chi connectivity index (χ0n) is 13.3. The molecule has 1 aromatic rings. The second-order valence-corrected chi connectivity index (χ2v) is 6.55. The molecule has 1 aromatic carbocycles. The molecule has 0 spiro atoms. The van der Waals surface area contributed by atoms with Gasteiger partial charge in [0.15, 0.2) is 0 Å². The summed E-state index contributed by atoms with van der Waals surface area (Å²) < 4.78 is 0. The van der Waals surface area contributed by atoms with Gasteiger partial charge >= 0.3 is 0 Å². The van der Waals surface area contributed by atoms with E-state index in [1.54, 1.807) is 6.92 Å². The van der Waals surface area contributed by atoms with E-state index in [0.29, 0.717) is 11.6 Å². The molecule has 3 unspecified atom stereocenters. The number of nitrogens with zero attached hydrogens (tertiary/aromatic N) is 1. The van der Waals surface area contributed by atoms with Gasteiger partial charge in [-0.25, -0.2) is 0 Å². The molecule has 0 aromatic heterocycles. The first-order valence-corrected chi connectivity index (χ1v) is 8.32. The molecule has 0 radical (unpaired) electrons. The molecule has 1 heterocycles. The van der Waals surface area contributed by atoms with E-state index >= 15 is 0 Å². The van der Waals surface area contributed by atoms with Crippen LogP contribution in [0.2, 0.25) is 5.02 Å². The Balaban J connectivity index is 1.90. The van der Waals surface area contributed by atoms with Crippen LogP contribution in [0, 0.1) is 0 Å². The monoisotopic (exact) mass is 324 g/mol. The summed E-state index contributed by atoms with van der Waals surface area (Å²) in [4.78, 5) is 14.4. The third kappa shape index (κ3) is 4.70. The van der Waals surface area contributed by atoms with Gasteiger partial charge in [-0.3, -0.25) is 9.69 Å². The summed E-state index contributed by atoms with van der Waals surface area (Å²) in [5.74, 6) is -0.00463. The van der Waals surface area contributed by atoms with Gasteiger partial charge in [-0.1, -0.05) is 30.2 Å².